The topological polar surface area (TPSA) is 59.7 Å². The third-order valence-electron chi connectivity index (χ3n) is 3.80. The van der Waals surface area contributed by atoms with Crippen molar-refractivity contribution in [3.05, 3.63) is 58.1 Å². The second kappa shape index (κ2) is 5.14. The fourth-order valence-electron chi connectivity index (χ4n) is 2.63. The van der Waals surface area contributed by atoms with E-state index in [2.05, 4.69) is 0 Å². The van der Waals surface area contributed by atoms with E-state index in [1.54, 1.807) is 29.5 Å². The molecule has 0 radical (unpaired) electrons. The summed E-state index contributed by atoms with van der Waals surface area (Å²) in [4.78, 5) is 12.5. The minimum absolute atomic E-state index is 0.199. The van der Waals surface area contributed by atoms with Crippen LogP contribution in [-0.4, -0.2) is 12.2 Å². The van der Waals surface area contributed by atoms with Crippen molar-refractivity contribution in [1.29, 1.82) is 0 Å². The molecule has 23 heavy (non-hydrogen) atoms. The quantitative estimate of drug-likeness (QED) is 0.594. The Balaban J connectivity index is 2.05. The lowest BCUT2D eigenvalue weighted by atomic mass is 10.1. The molecule has 0 amide bonds. The van der Waals surface area contributed by atoms with Gasteiger partial charge in [-0.05, 0) is 24.3 Å². The van der Waals surface area contributed by atoms with E-state index < -0.39 is 5.43 Å². The van der Waals surface area contributed by atoms with Gasteiger partial charge in [-0.1, -0.05) is 18.2 Å². The summed E-state index contributed by atoms with van der Waals surface area (Å²) in [5, 5.41) is 13.5. The van der Waals surface area contributed by atoms with Crippen LogP contribution in [0.1, 0.15) is 0 Å². The summed E-state index contributed by atoms with van der Waals surface area (Å²) in [7, 11) is 1.52. The first-order valence-corrected chi connectivity index (χ1v) is 7.87. The minimum Gasteiger partial charge on any atom is -0.502 e. The number of rotatable bonds is 2. The van der Waals surface area contributed by atoms with E-state index in [0.717, 1.165) is 15.6 Å². The lowest BCUT2D eigenvalue weighted by Gasteiger charge is -2.06. The molecule has 4 nitrogen and oxygen atoms in total. The van der Waals surface area contributed by atoms with Gasteiger partial charge in [0.1, 0.15) is 11.3 Å². The molecule has 4 rings (SSSR count). The van der Waals surface area contributed by atoms with E-state index in [1.807, 2.05) is 29.6 Å². The molecule has 4 aromatic rings. The van der Waals surface area contributed by atoms with Crippen molar-refractivity contribution in [3.8, 4) is 22.8 Å². The number of fused-ring (bicyclic) bond motifs is 2. The van der Waals surface area contributed by atoms with Crippen molar-refractivity contribution in [2.24, 2.45) is 0 Å². The van der Waals surface area contributed by atoms with Gasteiger partial charge in [0.2, 0.25) is 11.2 Å². The Kier molecular flexibility index (Phi) is 3.09. The van der Waals surface area contributed by atoms with E-state index >= 15 is 0 Å². The zero-order valence-electron chi connectivity index (χ0n) is 12.2. The summed E-state index contributed by atoms with van der Waals surface area (Å²) in [5.41, 5.74) is 0.673. The molecule has 0 saturated carbocycles. The van der Waals surface area contributed by atoms with Crippen LogP contribution in [0.25, 0.3) is 32.4 Å². The van der Waals surface area contributed by atoms with Gasteiger partial charge in [-0.2, -0.15) is 0 Å². The molecule has 2 aromatic heterocycles. The average Bonchev–Trinajstić information content (AvgIpc) is 3.01. The Morgan fingerprint density at radius 3 is 2.78 bits per heavy atom. The zero-order chi connectivity index (χ0) is 16.0. The Hall–Kier alpha value is -2.79. The second-order valence-electron chi connectivity index (χ2n) is 5.12. The smallest absolute Gasteiger partial charge is 0.235 e. The molecular formula is C18H12O4S. The van der Waals surface area contributed by atoms with Crippen LogP contribution in [-0.2, 0) is 0 Å². The molecule has 0 spiro atoms. The average molecular weight is 324 g/mol. The van der Waals surface area contributed by atoms with E-state index in [1.165, 1.54) is 7.11 Å². The second-order valence-corrected chi connectivity index (χ2v) is 6.03. The predicted molar refractivity (Wildman–Crippen MR) is 91.5 cm³/mol. The van der Waals surface area contributed by atoms with Gasteiger partial charge in [-0.25, -0.2) is 0 Å². The van der Waals surface area contributed by atoms with Crippen molar-refractivity contribution in [2.45, 2.75) is 0 Å². The van der Waals surface area contributed by atoms with Gasteiger partial charge >= 0.3 is 0 Å². The van der Waals surface area contributed by atoms with Gasteiger partial charge < -0.3 is 14.3 Å². The highest BCUT2D eigenvalue weighted by Gasteiger charge is 2.18. The number of thiophene rings is 1. The molecule has 0 unspecified atom stereocenters. The number of ether oxygens (including phenoxy) is 1. The maximum absolute atomic E-state index is 12.5. The van der Waals surface area contributed by atoms with Gasteiger partial charge in [0.15, 0.2) is 5.76 Å². The predicted octanol–water partition coefficient (Wildman–Crippen LogP) is 4.39. The first-order chi connectivity index (χ1) is 11.2. The summed E-state index contributed by atoms with van der Waals surface area (Å²) in [6.07, 6.45) is 0. The van der Waals surface area contributed by atoms with Crippen LogP contribution >= 0.6 is 11.3 Å². The number of benzene rings is 2. The van der Waals surface area contributed by atoms with Crippen LogP contribution in [0, 0.1) is 0 Å². The van der Waals surface area contributed by atoms with E-state index in [0.29, 0.717) is 16.7 Å². The molecule has 0 saturated heterocycles. The molecule has 0 aliphatic rings. The van der Waals surface area contributed by atoms with Crippen molar-refractivity contribution in [3.63, 3.8) is 0 Å². The van der Waals surface area contributed by atoms with Crippen molar-refractivity contribution >= 4 is 32.4 Å². The molecule has 1 N–H and O–H groups in total. The van der Waals surface area contributed by atoms with Crippen LogP contribution in [0.2, 0.25) is 0 Å². The monoisotopic (exact) mass is 324 g/mol. The Labute approximate surface area is 135 Å². The molecule has 2 heterocycles. The highest BCUT2D eigenvalue weighted by Crippen LogP contribution is 2.38. The van der Waals surface area contributed by atoms with Crippen LogP contribution < -0.4 is 10.2 Å². The zero-order valence-corrected chi connectivity index (χ0v) is 13.0. The molecule has 114 valence electrons. The third-order valence-corrected chi connectivity index (χ3v) is 4.76. The lowest BCUT2D eigenvalue weighted by Crippen LogP contribution is -2.02. The standard InChI is InChI=1S/C18H12O4S/c1-21-10-6-7-14-12(8-10)16(19)17(20)18(22-14)13-9-23-15-5-3-2-4-11(13)15/h2-9,20H,1H3. The van der Waals surface area contributed by atoms with Gasteiger partial charge in [0.25, 0.3) is 0 Å². The van der Waals surface area contributed by atoms with Crippen molar-refractivity contribution < 1.29 is 14.3 Å². The maximum atomic E-state index is 12.5. The SMILES string of the molecule is COc1ccc2oc(-c3csc4ccccc34)c(O)c(=O)c2c1. The summed E-state index contributed by atoms with van der Waals surface area (Å²) in [5.74, 6) is 0.359. The first kappa shape index (κ1) is 13.8. The van der Waals surface area contributed by atoms with E-state index in [-0.39, 0.29) is 11.5 Å². The summed E-state index contributed by atoms with van der Waals surface area (Å²) in [6.45, 7) is 0. The van der Waals surface area contributed by atoms with Crippen LogP contribution in [0.3, 0.4) is 0 Å². The Morgan fingerprint density at radius 2 is 1.96 bits per heavy atom. The summed E-state index contributed by atoms with van der Waals surface area (Å²) < 4.78 is 12.0. The molecule has 0 bridgehead atoms. The molecule has 0 aliphatic heterocycles. The Bertz CT molecular complexity index is 1090. The van der Waals surface area contributed by atoms with Gasteiger partial charge in [0.05, 0.1) is 12.5 Å². The number of hydrogen-bond acceptors (Lipinski definition) is 5. The van der Waals surface area contributed by atoms with Gasteiger partial charge in [-0.3, -0.25) is 4.79 Å². The minimum atomic E-state index is -0.463. The molecule has 0 atom stereocenters. The van der Waals surface area contributed by atoms with Crippen molar-refractivity contribution in [1.82, 2.24) is 0 Å². The van der Waals surface area contributed by atoms with Crippen LogP contribution in [0.4, 0.5) is 0 Å². The van der Waals surface area contributed by atoms with E-state index in [4.69, 9.17) is 9.15 Å². The first-order valence-electron chi connectivity index (χ1n) is 6.99. The fourth-order valence-corrected chi connectivity index (χ4v) is 3.57. The number of aromatic hydroxyl groups is 1. The number of methoxy groups -OCH3 is 1. The molecule has 2 aromatic carbocycles. The fraction of sp³-hybridized carbons (Fsp3) is 0.0556. The molecule has 5 heteroatoms. The van der Waals surface area contributed by atoms with E-state index in [9.17, 15) is 9.90 Å². The van der Waals surface area contributed by atoms with Gasteiger partial charge in [0, 0.05) is 21.0 Å². The highest BCUT2D eigenvalue weighted by molar-refractivity contribution is 7.17. The summed E-state index contributed by atoms with van der Waals surface area (Å²) in [6, 6.07) is 12.8. The summed E-state index contributed by atoms with van der Waals surface area (Å²) >= 11 is 1.54. The van der Waals surface area contributed by atoms with Gasteiger partial charge in [-0.15, -0.1) is 11.3 Å². The molecule has 0 fully saturated rings. The van der Waals surface area contributed by atoms with Crippen molar-refractivity contribution in [2.75, 3.05) is 7.11 Å². The lowest BCUT2D eigenvalue weighted by molar-refractivity contribution is 0.414. The highest BCUT2D eigenvalue weighted by atomic mass is 32.1. The molecule has 0 aliphatic carbocycles. The normalized spacial score (nSPS) is 11.2. The molecular weight excluding hydrogens is 312 g/mol. The third kappa shape index (κ3) is 2.09. The largest absolute Gasteiger partial charge is 0.502 e. The number of hydrogen-bond donors (Lipinski definition) is 1. The Morgan fingerprint density at radius 1 is 1.13 bits per heavy atom. The van der Waals surface area contributed by atoms with Crippen LogP contribution in [0.5, 0.6) is 11.5 Å². The maximum Gasteiger partial charge on any atom is 0.235 e. The van der Waals surface area contributed by atoms with Crippen LogP contribution in [0.15, 0.2) is 57.1 Å².